The van der Waals surface area contributed by atoms with Gasteiger partial charge in [-0.15, -0.1) is 11.3 Å². The molecule has 1 aliphatic rings. The Morgan fingerprint density at radius 2 is 2.35 bits per heavy atom. The number of amides is 1. The predicted octanol–water partition coefficient (Wildman–Crippen LogP) is 2.80. The summed E-state index contributed by atoms with van der Waals surface area (Å²) in [4.78, 5) is 18.1. The first kappa shape index (κ1) is 15.3. The summed E-state index contributed by atoms with van der Waals surface area (Å²) in [7, 11) is 0. The van der Waals surface area contributed by atoms with Gasteiger partial charge in [-0.2, -0.15) is 0 Å². The molecule has 1 fully saturated rings. The number of nitrogens with one attached hydrogen (secondary N) is 1. The number of thiazole rings is 1. The Kier molecular flexibility index (Phi) is 4.65. The number of carbonyl (C=O) groups excluding carboxylic acids is 1. The third kappa shape index (κ3) is 4.18. The van der Waals surface area contributed by atoms with Crippen molar-refractivity contribution in [3.63, 3.8) is 0 Å². The van der Waals surface area contributed by atoms with Crippen LogP contribution in [0.5, 0.6) is 0 Å². The molecule has 1 saturated heterocycles. The minimum Gasteiger partial charge on any atom is -0.444 e. The van der Waals surface area contributed by atoms with Crippen molar-refractivity contribution in [2.24, 2.45) is 0 Å². The smallest absolute Gasteiger partial charge is 0.410 e. The largest absolute Gasteiger partial charge is 0.444 e. The van der Waals surface area contributed by atoms with Crippen LogP contribution < -0.4 is 5.32 Å². The summed E-state index contributed by atoms with van der Waals surface area (Å²) in [6.07, 6.45) is 2.55. The number of aromatic nitrogens is 1. The molecule has 20 heavy (non-hydrogen) atoms. The molecule has 6 heteroatoms. The molecule has 2 atom stereocenters. The highest BCUT2D eigenvalue weighted by Gasteiger charge is 2.30. The van der Waals surface area contributed by atoms with Gasteiger partial charge in [-0.05, 0) is 34.1 Å². The minimum atomic E-state index is -0.434. The molecule has 1 aliphatic heterocycles. The van der Waals surface area contributed by atoms with Crippen LogP contribution in [0.25, 0.3) is 0 Å². The Bertz CT molecular complexity index is 442. The predicted molar refractivity (Wildman–Crippen MR) is 79.9 cm³/mol. The van der Waals surface area contributed by atoms with E-state index in [0.717, 1.165) is 18.0 Å². The number of hydrogen-bond acceptors (Lipinski definition) is 5. The summed E-state index contributed by atoms with van der Waals surface area (Å²) in [5.74, 6) is 0. The van der Waals surface area contributed by atoms with Crippen molar-refractivity contribution in [3.05, 3.63) is 16.6 Å². The van der Waals surface area contributed by atoms with Crippen molar-refractivity contribution >= 4 is 17.4 Å². The van der Waals surface area contributed by atoms with E-state index < -0.39 is 5.60 Å². The lowest BCUT2D eigenvalue weighted by Crippen LogP contribution is -2.38. The third-order valence-corrected chi connectivity index (χ3v) is 4.11. The maximum Gasteiger partial charge on any atom is 0.410 e. The molecule has 1 N–H and O–H groups in total. The van der Waals surface area contributed by atoms with Crippen LogP contribution in [-0.2, 0) is 4.74 Å². The zero-order valence-electron chi connectivity index (χ0n) is 12.5. The van der Waals surface area contributed by atoms with Crippen molar-refractivity contribution in [1.29, 1.82) is 0 Å². The minimum absolute atomic E-state index is 0.219. The van der Waals surface area contributed by atoms with Gasteiger partial charge >= 0.3 is 6.09 Å². The van der Waals surface area contributed by atoms with E-state index in [9.17, 15) is 4.79 Å². The Balaban J connectivity index is 1.82. The highest BCUT2D eigenvalue weighted by molar-refractivity contribution is 7.09. The van der Waals surface area contributed by atoms with Crippen LogP contribution in [0.4, 0.5) is 4.79 Å². The maximum absolute atomic E-state index is 12.0. The molecule has 0 radical (unpaired) electrons. The monoisotopic (exact) mass is 297 g/mol. The van der Waals surface area contributed by atoms with E-state index in [4.69, 9.17) is 4.74 Å². The van der Waals surface area contributed by atoms with E-state index in [2.05, 4.69) is 17.2 Å². The molecule has 0 unspecified atom stereocenters. The van der Waals surface area contributed by atoms with Crippen LogP contribution in [0, 0.1) is 0 Å². The summed E-state index contributed by atoms with van der Waals surface area (Å²) >= 11 is 1.65. The fourth-order valence-corrected chi connectivity index (χ4v) is 2.92. The average Bonchev–Trinajstić information content (AvgIpc) is 2.97. The zero-order valence-corrected chi connectivity index (χ0v) is 13.4. The molecule has 112 valence electrons. The second kappa shape index (κ2) is 6.10. The van der Waals surface area contributed by atoms with Crippen LogP contribution in [0.15, 0.2) is 11.6 Å². The average molecular weight is 297 g/mol. The van der Waals surface area contributed by atoms with Crippen molar-refractivity contribution < 1.29 is 9.53 Å². The van der Waals surface area contributed by atoms with Crippen LogP contribution >= 0.6 is 11.3 Å². The number of nitrogens with zero attached hydrogens (tertiary/aromatic N) is 2. The van der Waals surface area contributed by atoms with Crippen LogP contribution in [0.1, 0.15) is 45.2 Å². The van der Waals surface area contributed by atoms with Crippen molar-refractivity contribution in [2.45, 2.75) is 51.8 Å². The molecule has 0 spiro atoms. The summed E-state index contributed by atoms with van der Waals surface area (Å²) in [5.41, 5.74) is -0.434. The van der Waals surface area contributed by atoms with Crippen molar-refractivity contribution in [2.75, 3.05) is 13.1 Å². The number of ether oxygens (including phenoxy) is 1. The molecule has 5 nitrogen and oxygen atoms in total. The second-order valence-electron chi connectivity index (χ2n) is 6.17. The van der Waals surface area contributed by atoms with Gasteiger partial charge in [-0.3, -0.25) is 0 Å². The number of carbonyl (C=O) groups is 1. The standard InChI is InChI=1S/C14H23N3O2S/c1-10(12-15-6-8-20-12)16-11-5-7-17(9-11)13(18)19-14(2,3)4/h6,8,10-11,16H,5,7,9H2,1-4H3/t10-,11-/m1/s1. The van der Waals surface area contributed by atoms with Gasteiger partial charge < -0.3 is 15.0 Å². The summed E-state index contributed by atoms with van der Waals surface area (Å²) in [6, 6.07) is 0.528. The summed E-state index contributed by atoms with van der Waals surface area (Å²) < 4.78 is 5.40. The SMILES string of the molecule is C[C@@H](N[C@@H]1CCN(C(=O)OC(C)(C)C)C1)c1nccs1. The van der Waals surface area contributed by atoms with Gasteiger partial charge in [0.15, 0.2) is 0 Å². The van der Waals surface area contributed by atoms with Gasteiger partial charge in [-0.1, -0.05) is 0 Å². The third-order valence-electron chi connectivity index (χ3n) is 3.15. The first-order chi connectivity index (χ1) is 9.35. The molecular weight excluding hydrogens is 274 g/mol. The van der Waals surface area contributed by atoms with E-state index in [1.165, 1.54) is 0 Å². The van der Waals surface area contributed by atoms with E-state index in [0.29, 0.717) is 12.6 Å². The molecule has 1 aromatic heterocycles. The summed E-state index contributed by atoms with van der Waals surface area (Å²) in [5, 5.41) is 6.59. The molecule has 0 aliphatic carbocycles. The van der Waals surface area contributed by atoms with Gasteiger partial charge in [0.1, 0.15) is 10.6 Å². The molecule has 0 saturated carbocycles. The number of rotatable bonds is 3. The van der Waals surface area contributed by atoms with Gasteiger partial charge in [0.05, 0.1) is 6.04 Å². The van der Waals surface area contributed by atoms with Gasteiger partial charge in [0, 0.05) is 30.7 Å². The lowest BCUT2D eigenvalue weighted by atomic mass is 10.2. The highest BCUT2D eigenvalue weighted by Crippen LogP contribution is 2.20. The van der Waals surface area contributed by atoms with Gasteiger partial charge in [-0.25, -0.2) is 9.78 Å². The van der Waals surface area contributed by atoms with E-state index >= 15 is 0 Å². The Hall–Kier alpha value is -1.14. The zero-order chi connectivity index (χ0) is 14.8. The van der Waals surface area contributed by atoms with Gasteiger partial charge in [0.2, 0.25) is 0 Å². The van der Waals surface area contributed by atoms with E-state index in [1.807, 2.05) is 32.3 Å². The molecule has 2 rings (SSSR count). The van der Waals surface area contributed by atoms with Crippen LogP contribution in [-0.4, -0.2) is 40.7 Å². The first-order valence-corrected chi connectivity index (χ1v) is 7.86. The van der Waals surface area contributed by atoms with E-state index in [1.54, 1.807) is 16.2 Å². The molecule has 2 heterocycles. The fraction of sp³-hybridized carbons (Fsp3) is 0.714. The van der Waals surface area contributed by atoms with Crippen molar-refractivity contribution in [3.8, 4) is 0 Å². The molecule has 0 aromatic carbocycles. The molecule has 1 amide bonds. The lowest BCUT2D eigenvalue weighted by molar-refractivity contribution is 0.0290. The Labute approximate surface area is 124 Å². The summed E-state index contributed by atoms with van der Waals surface area (Å²) in [6.45, 7) is 9.22. The first-order valence-electron chi connectivity index (χ1n) is 6.98. The second-order valence-corrected chi connectivity index (χ2v) is 7.10. The lowest BCUT2D eigenvalue weighted by Gasteiger charge is -2.24. The highest BCUT2D eigenvalue weighted by atomic mass is 32.1. The molecule has 1 aromatic rings. The Morgan fingerprint density at radius 1 is 1.60 bits per heavy atom. The normalized spacial score (nSPS) is 21.0. The molecule has 0 bridgehead atoms. The fourth-order valence-electron chi connectivity index (χ4n) is 2.26. The van der Waals surface area contributed by atoms with Gasteiger partial charge in [0.25, 0.3) is 0 Å². The van der Waals surface area contributed by atoms with E-state index in [-0.39, 0.29) is 12.1 Å². The quantitative estimate of drug-likeness (QED) is 0.932. The van der Waals surface area contributed by atoms with Crippen LogP contribution in [0.2, 0.25) is 0 Å². The molecular formula is C14H23N3O2S. The van der Waals surface area contributed by atoms with Crippen molar-refractivity contribution in [1.82, 2.24) is 15.2 Å². The topological polar surface area (TPSA) is 54.5 Å². The Morgan fingerprint density at radius 3 is 2.95 bits per heavy atom. The number of likely N-dealkylation sites (tertiary alicyclic amines) is 1. The van der Waals surface area contributed by atoms with Crippen LogP contribution in [0.3, 0.4) is 0 Å². The maximum atomic E-state index is 12.0. The number of hydrogen-bond donors (Lipinski definition) is 1.